The van der Waals surface area contributed by atoms with E-state index in [0.29, 0.717) is 6.42 Å². The maximum atomic E-state index is 12.9. The van der Waals surface area contributed by atoms with E-state index in [1.54, 1.807) is 6.08 Å². The maximum absolute atomic E-state index is 12.9. The highest BCUT2D eigenvalue weighted by molar-refractivity contribution is 5.86. The van der Waals surface area contributed by atoms with Gasteiger partial charge in [0.1, 0.15) is 31.1 Å². The van der Waals surface area contributed by atoms with Crippen molar-refractivity contribution in [2.24, 2.45) is 0 Å². The van der Waals surface area contributed by atoms with Crippen LogP contribution < -0.4 is 10.8 Å². The molecule has 10 heteroatoms. The number of amides is 1. The van der Waals surface area contributed by atoms with Gasteiger partial charge in [0.05, 0.1) is 0 Å². The SMILES string of the molecule is Cc1[nH]c2ccccc2c1CCNCc1ccc(C/C=C/C(=O)NO[C@@H]2OC(CF)[C@H](O)[C@H](O)[C@H]2O)cc1. The lowest BCUT2D eigenvalue weighted by atomic mass is 10.00. The number of nitrogens with one attached hydrogen (secondary N) is 3. The average molecular weight is 528 g/mol. The Hall–Kier alpha value is -3.12. The number of aromatic amines is 1. The molecular formula is C28H34FN3O6. The lowest BCUT2D eigenvalue weighted by Gasteiger charge is -2.38. The van der Waals surface area contributed by atoms with E-state index in [4.69, 9.17) is 9.57 Å². The minimum atomic E-state index is -1.66. The third-order valence-electron chi connectivity index (χ3n) is 6.65. The Balaban J connectivity index is 1.17. The van der Waals surface area contributed by atoms with E-state index in [1.807, 2.05) is 30.3 Å². The van der Waals surface area contributed by atoms with Gasteiger partial charge in [-0.1, -0.05) is 48.5 Å². The molecule has 1 aliphatic heterocycles. The zero-order valence-electron chi connectivity index (χ0n) is 21.1. The highest BCUT2D eigenvalue weighted by atomic mass is 19.1. The highest BCUT2D eigenvalue weighted by Gasteiger charge is 2.44. The minimum Gasteiger partial charge on any atom is -0.387 e. The predicted octanol–water partition coefficient (Wildman–Crippen LogP) is 1.73. The second-order valence-corrected chi connectivity index (χ2v) is 9.38. The first-order valence-electron chi connectivity index (χ1n) is 12.6. The second kappa shape index (κ2) is 13.1. The van der Waals surface area contributed by atoms with Crippen LogP contribution in [0.4, 0.5) is 4.39 Å². The fraction of sp³-hybridized carbons (Fsp3) is 0.393. The zero-order chi connectivity index (χ0) is 27.1. The lowest BCUT2D eigenvalue weighted by molar-refractivity contribution is -0.310. The molecule has 2 heterocycles. The number of hydrogen-bond acceptors (Lipinski definition) is 7. The third-order valence-corrected chi connectivity index (χ3v) is 6.65. The van der Waals surface area contributed by atoms with Crippen LogP contribution in [-0.4, -0.2) is 70.1 Å². The molecule has 5 atom stereocenters. The summed E-state index contributed by atoms with van der Waals surface area (Å²) in [5, 5.41) is 34.0. The largest absolute Gasteiger partial charge is 0.387 e. The van der Waals surface area contributed by atoms with Crippen molar-refractivity contribution in [3.63, 3.8) is 0 Å². The standard InChI is InChI=1S/C28H34FN3O6/c1-17-20(21-6-2-3-7-22(21)31-17)13-14-30-16-19-11-9-18(10-12-19)5-4-8-24(33)32-38-28-27(36)26(35)25(34)23(15-29)37-28/h2-4,6-12,23,25-28,30-31,34-36H,5,13-16H2,1H3,(H,32,33)/b8-4+/t23?,25-,26-,27+,28-/m0/s1. The van der Waals surface area contributed by atoms with Crippen LogP contribution in [-0.2, 0) is 33.8 Å². The van der Waals surface area contributed by atoms with Gasteiger partial charge in [0.2, 0.25) is 6.29 Å². The van der Waals surface area contributed by atoms with E-state index in [-0.39, 0.29) is 0 Å². The van der Waals surface area contributed by atoms with Crippen molar-refractivity contribution < 1.29 is 34.1 Å². The number of aliphatic hydroxyl groups excluding tert-OH is 3. The van der Waals surface area contributed by atoms with Crippen LogP contribution in [0, 0.1) is 6.92 Å². The summed E-state index contributed by atoms with van der Waals surface area (Å²) in [6, 6.07) is 16.4. The van der Waals surface area contributed by atoms with Crippen molar-refractivity contribution in [1.29, 1.82) is 0 Å². The van der Waals surface area contributed by atoms with E-state index < -0.39 is 43.3 Å². The van der Waals surface area contributed by atoms with Crippen molar-refractivity contribution in [3.8, 4) is 0 Å². The summed E-state index contributed by atoms with van der Waals surface area (Å²) < 4.78 is 17.9. The molecule has 1 fully saturated rings. The molecule has 1 saturated heterocycles. The molecule has 9 nitrogen and oxygen atoms in total. The number of H-pyrrole nitrogens is 1. The molecule has 4 rings (SSSR count). The van der Waals surface area contributed by atoms with Crippen LogP contribution in [0.5, 0.6) is 0 Å². The lowest BCUT2D eigenvalue weighted by Crippen LogP contribution is -2.59. The van der Waals surface area contributed by atoms with Gasteiger partial charge in [0.15, 0.2) is 0 Å². The first-order chi connectivity index (χ1) is 18.4. The number of fused-ring (bicyclic) bond motifs is 1. The number of halogens is 1. The molecule has 204 valence electrons. The quantitative estimate of drug-likeness (QED) is 0.127. The van der Waals surface area contributed by atoms with E-state index in [0.717, 1.165) is 30.6 Å². The van der Waals surface area contributed by atoms with Crippen LogP contribution in [0.3, 0.4) is 0 Å². The zero-order valence-corrected chi connectivity index (χ0v) is 21.1. The summed E-state index contributed by atoms with van der Waals surface area (Å²) in [5.74, 6) is -0.621. The molecule has 0 spiro atoms. The number of alkyl halides is 1. The summed E-state index contributed by atoms with van der Waals surface area (Å²) in [6.45, 7) is 2.63. The number of aromatic nitrogens is 1. The number of carbonyl (C=O) groups excluding carboxylic acids is 1. The molecule has 1 amide bonds. The minimum absolute atomic E-state index is 0.512. The van der Waals surface area contributed by atoms with Gasteiger partial charge in [-0.3, -0.25) is 4.79 Å². The third kappa shape index (κ3) is 6.84. The summed E-state index contributed by atoms with van der Waals surface area (Å²) in [6.07, 6.45) is -3.43. The molecule has 38 heavy (non-hydrogen) atoms. The van der Waals surface area contributed by atoms with Crippen molar-refractivity contribution in [2.45, 2.75) is 57.0 Å². The summed E-state index contributed by atoms with van der Waals surface area (Å²) in [4.78, 5) is 20.4. The van der Waals surface area contributed by atoms with Gasteiger partial charge in [-0.15, -0.1) is 0 Å². The van der Waals surface area contributed by atoms with E-state index in [2.05, 4.69) is 40.9 Å². The number of hydrogen-bond donors (Lipinski definition) is 6. The number of para-hydroxylation sites is 1. The molecule has 1 unspecified atom stereocenters. The predicted molar refractivity (Wildman–Crippen MR) is 140 cm³/mol. The monoisotopic (exact) mass is 527 g/mol. The number of carbonyl (C=O) groups is 1. The molecule has 2 aromatic carbocycles. The molecule has 3 aromatic rings. The molecule has 1 aromatic heterocycles. The van der Waals surface area contributed by atoms with Gasteiger partial charge in [0.25, 0.3) is 5.91 Å². The van der Waals surface area contributed by atoms with Crippen molar-refractivity contribution in [1.82, 2.24) is 15.8 Å². The van der Waals surface area contributed by atoms with Crippen LogP contribution >= 0.6 is 0 Å². The Morgan fingerprint density at radius 1 is 1.08 bits per heavy atom. The van der Waals surface area contributed by atoms with Gasteiger partial charge in [-0.25, -0.2) is 14.7 Å². The molecule has 0 aliphatic carbocycles. The number of benzene rings is 2. The second-order valence-electron chi connectivity index (χ2n) is 9.38. The first-order valence-corrected chi connectivity index (χ1v) is 12.6. The molecule has 1 aliphatic rings. The first kappa shape index (κ1) is 27.9. The van der Waals surface area contributed by atoms with E-state index in [1.165, 1.54) is 28.2 Å². The van der Waals surface area contributed by atoms with E-state index in [9.17, 15) is 24.5 Å². The molecular weight excluding hydrogens is 493 g/mol. The normalized spacial score (nSPS) is 23.8. The van der Waals surface area contributed by atoms with Crippen molar-refractivity contribution >= 4 is 16.8 Å². The van der Waals surface area contributed by atoms with Crippen LogP contribution in [0.1, 0.15) is 22.4 Å². The Morgan fingerprint density at radius 2 is 1.82 bits per heavy atom. The van der Waals surface area contributed by atoms with Gasteiger partial charge in [0, 0.05) is 29.2 Å². The Kier molecular flexibility index (Phi) is 9.62. The summed E-state index contributed by atoms with van der Waals surface area (Å²) >= 11 is 0. The van der Waals surface area contributed by atoms with Crippen LogP contribution in [0.15, 0.2) is 60.7 Å². The Bertz CT molecular complexity index is 1230. The number of allylic oxidation sites excluding steroid dienone is 1. The van der Waals surface area contributed by atoms with Crippen LogP contribution in [0.25, 0.3) is 10.9 Å². The highest BCUT2D eigenvalue weighted by Crippen LogP contribution is 2.23. The Labute approximate surface area is 220 Å². The fourth-order valence-corrected chi connectivity index (χ4v) is 4.49. The van der Waals surface area contributed by atoms with Crippen LogP contribution in [0.2, 0.25) is 0 Å². The van der Waals surface area contributed by atoms with Gasteiger partial charge < -0.3 is 30.4 Å². The number of rotatable bonds is 11. The summed E-state index contributed by atoms with van der Waals surface area (Å²) in [5.41, 5.74) is 7.96. The average Bonchev–Trinajstić information content (AvgIpc) is 3.25. The smallest absolute Gasteiger partial charge is 0.267 e. The number of ether oxygens (including phenoxy) is 1. The fourth-order valence-electron chi connectivity index (χ4n) is 4.49. The Morgan fingerprint density at radius 3 is 2.58 bits per heavy atom. The van der Waals surface area contributed by atoms with Crippen molar-refractivity contribution in [3.05, 3.63) is 83.1 Å². The molecule has 6 N–H and O–H groups in total. The number of hydroxylamine groups is 1. The van der Waals surface area contributed by atoms with E-state index >= 15 is 0 Å². The van der Waals surface area contributed by atoms with Gasteiger partial charge >= 0.3 is 0 Å². The maximum Gasteiger partial charge on any atom is 0.267 e. The van der Waals surface area contributed by atoms with Gasteiger partial charge in [-0.2, -0.15) is 0 Å². The molecule has 0 radical (unpaired) electrons. The summed E-state index contributed by atoms with van der Waals surface area (Å²) in [7, 11) is 0. The van der Waals surface area contributed by atoms with Crippen molar-refractivity contribution in [2.75, 3.05) is 13.2 Å². The number of aryl methyl sites for hydroxylation is 1. The molecule has 0 saturated carbocycles. The number of aliphatic hydroxyl groups is 3. The molecule has 0 bridgehead atoms. The van der Waals surface area contributed by atoms with Gasteiger partial charge in [-0.05, 0) is 49.1 Å². The topological polar surface area (TPSA) is 136 Å².